The van der Waals surface area contributed by atoms with E-state index in [2.05, 4.69) is 21.3 Å². The third kappa shape index (κ3) is 11.0. The minimum absolute atomic E-state index is 0.129. The maximum atomic E-state index is 14.6. The second-order valence-corrected chi connectivity index (χ2v) is 18.3. The van der Waals surface area contributed by atoms with Gasteiger partial charge in [0.15, 0.2) is 0 Å². The number of ether oxygens (including phenoxy) is 2. The third-order valence-electron chi connectivity index (χ3n) is 10.8. The molecule has 1 aromatic heterocycles. The molecule has 2 aliphatic heterocycles. The average molecular weight is 787 g/mol. The van der Waals surface area contributed by atoms with E-state index in [1.54, 1.807) is 52.4 Å². The molecule has 5 rings (SSSR count). The summed E-state index contributed by atoms with van der Waals surface area (Å²) in [5.74, 6) is -4.36. The van der Waals surface area contributed by atoms with Crippen LogP contribution in [0.25, 0.3) is 0 Å². The van der Waals surface area contributed by atoms with Gasteiger partial charge in [0.2, 0.25) is 29.4 Å². The number of Topliss-reactive ketones (excluding diaryl/α,β-unsaturated/α-hetero) is 1. The second-order valence-electron chi connectivity index (χ2n) is 17.3. The Bertz CT molecular complexity index is 1600. The van der Waals surface area contributed by atoms with Gasteiger partial charge in [-0.2, -0.15) is 0 Å². The Balaban J connectivity index is 1.31. The summed E-state index contributed by atoms with van der Waals surface area (Å²) in [5.41, 5.74) is -1.34. The Hall–Kier alpha value is -4.05. The van der Waals surface area contributed by atoms with Gasteiger partial charge in [0.25, 0.3) is 5.91 Å². The molecule has 0 bridgehead atoms. The number of carbonyl (C=O) groups is 7. The molecule has 15 nitrogen and oxygen atoms in total. The third-order valence-corrected chi connectivity index (χ3v) is 11.7. The summed E-state index contributed by atoms with van der Waals surface area (Å²) < 4.78 is 11.9. The summed E-state index contributed by atoms with van der Waals surface area (Å²) in [6.07, 6.45) is 5.56. The van der Waals surface area contributed by atoms with Crippen molar-refractivity contribution < 1.29 is 43.0 Å². The van der Waals surface area contributed by atoms with Crippen LogP contribution < -0.4 is 21.3 Å². The largest absolute Gasteiger partial charge is 0.444 e. The SMILES string of the molecule is CN(C)C(=O)[C@@H](NC(=O)CNC(=O)C(=O)[C@@H](CC1CC1)NC(=O)[C@@H]1[C@H]2CC(C)(C)O[C@H]2CN1C(=O)[C@@H](NC(=O)OC(C)(C)C)C1CCCCC1)c1cccs1. The van der Waals surface area contributed by atoms with Crippen molar-refractivity contribution in [3.63, 3.8) is 0 Å². The standard InChI is InChI=1S/C39H58N6O9S/c1-38(2,3)54-37(52)43-29(23-12-9-8-10-13-23)36(51)45-21-26-24(19-39(4,5)53-26)31(45)33(48)41-25(18-22-15-16-22)32(47)34(49)40-20-28(46)42-30(35(50)44(6)7)27-14-11-17-55-27/h11,14,17,22-26,29-31H,8-10,12-13,15-16,18-21H2,1-7H3,(H,40,49)(H,41,48)(H,42,46)(H,43,52)/t24-,25+,26-,29-,30-,31-/m0/s1. The molecule has 0 unspecified atom stereocenters. The smallest absolute Gasteiger partial charge is 0.408 e. The highest BCUT2D eigenvalue weighted by atomic mass is 32.1. The van der Waals surface area contributed by atoms with E-state index in [4.69, 9.17) is 9.47 Å². The van der Waals surface area contributed by atoms with Gasteiger partial charge >= 0.3 is 6.09 Å². The minimum atomic E-state index is -1.20. The average Bonchev–Trinajstić information content (AvgIpc) is 3.48. The molecule has 0 spiro atoms. The summed E-state index contributed by atoms with van der Waals surface area (Å²) >= 11 is 1.30. The number of amides is 6. The zero-order valence-electron chi connectivity index (χ0n) is 33.1. The molecule has 2 aliphatic carbocycles. The Morgan fingerprint density at radius 2 is 1.69 bits per heavy atom. The fraction of sp³-hybridized carbons (Fsp3) is 0.718. The maximum Gasteiger partial charge on any atom is 0.408 e. The molecule has 3 heterocycles. The number of likely N-dealkylation sites (tertiary alicyclic amines) is 1. The van der Waals surface area contributed by atoms with Crippen LogP contribution in [0.15, 0.2) is 17.5 Å². The van der Waals surface area contributed by atoms with Crippen molar-refractivity contribution >= 4 is 52.7 Å². The Kier molecular flexibility index (Phi) is 13.3. The Morgan fingerprint density at radius 1 is 1.00 bits per heavy atom. The molecular weight excluding hydrogens is 729 g/mol. The van der Waals surface area contributed by atoms with Crippen molar-refractivity contribution in [3.8, 4) is 0 Å². The lowest BCUT2D eigenvalue weighted by molar-refractivity contribution is -0.145. The molecule has 1 aromatic rings. The Labute approximate surface area is 327 Å². The van der Waals surface area contributed by atoms with Gasteiger partial charge in [0.1, 0.15) is 23.7 Å². The molecule has 0 aromatic carbocycles. The number of hydrogen-bond acceptors (Lipinski definition) is 10. The van der Waals surface area contributed by atoms with Crippen molar-refractivity contribution in [2.24, 2.45) is 17.8 Å². The van der Waals surface area contributed by atoms with Crippen LogP contribution in [0.2, 0.25) is 0 Å². The number of nitrogens with one attached hydrogen (secondary N) is 4. The summed E-state index contributed by atoms with van der Waals surface area (Å²) in [7, 11) is 3.14. The topological polar surface area (TPSA) is 193 Å². The van der Waals surface area contributed by atoms with Crippen LogP contribution in [0.1, 0.15) is 103 Å². The fourth-order valence-corrected chi connectivity index (χ4v) is 8.82. The van der Waals surface area contributed by atoms with E-state index < -0.39 is 83.5 Å². The number of nitrogens with zero attached hydrogens (tertiary/aromatic N) is 2. The van der Waals surface area contributed by atoms with E-state index in [0.717, 1.165) is 44.9 Å². The summed E-state index contributed by atoms with van der Waals surface area (Å²) in [6.45, 7) is 8.66. The summed E-state index contributed by atoms with van der Waals surface area (Å²) in [6, 6.07) is -0.619. The molecule has 4 fully saturated rings. The van der Waals surface area contributed by atoms with Crippen LogP contribution in [-0.2, 0) is 38.2 Å². The number of likely N-dealkylation sites (N-methyl/N-ethyl adjacent to an activating group) is 1. The minimum Gasteiger partial charge on any atom is -0.444 e. The highest BCUT2D eigenvalue weighted by Gasteiger charge is 2.56. The number of thiophene rings is 1. The van der Waals surface area contributed by atoms with Crippen molar-refractivity contribution in [2.75, 3.05) is 27.2 Å². The molecule has 2 saturated heterocycles. The lowest BCUT2D eigenvalue weighted by atomic mass is 9.83. The monoisotopic (exact) mass is 786 g/mol. The van der Waals surface area contributed by atoms with Crippen LogP contribution in [0, 0.1) is 17.8 Å². The molecule has 2 saturated carbocycles. The number of hydrogen-bond donors (Lipinski definition) is 4. The predicted octanol–water partition coefficient (Wildman–Crippen LogP) is 2.83. The number of carbonyl (C=O) groups excluding carboxylic acids is 7. The van der Waals surface area contributed by atoms with E-state index in [0.29, 0.717) is 11.3 Å². The van der Waals surface area contributed by atoms with E-state index >= 15 is 0 Å². The quantitative estimate of drug-likeness (QED) is 0.205. The number of rotatable bonds is 14. The first-order valence-electron chi connectivity index (χ1n) is 19.5. The second kappa shape index (κ2) is 17.4. The van der Waals surface area contributed by atoms with E-state index in [1.807, 2.05) is 13.8 Å². The van der Waals surface area contributed by atoms with Gasteiger partial charge in [0, 0.05) is 31.4 Å². The molecule has 304 valence electrons. The first-order chi connectivity index (χ1) is 25.8. The van der Waals surface area contributed by atoms with E-state index in [-0.39, 0.29) is 36.6 Å². The Morgan fingerprint density at radius 3 is 2.29 bits per heavy atom. The van der Waals surface area contributed by atoms with Crippen LogP contribution in [0.5, 0.6) is 0 Å². The van der Waals surface area contributed by atoms with Gasteiger partial charge < -0.3 is 40.5 Å². The van der Waals surface area contributed by atoms with Gasteiger partial charge in [-0.3, -0.25) is 28.8 Å². The van der Waals surface area contributed by atoms with E-state index in [9.17, 15) is 33.6 Å². The highest BCUT2D eigenvalue weighted by Crippen LogP contribution is 2.44. The molecular formula is C39H58N6O9S. The maximum absolute atomic E-state index is 14.6. The summed E-state index contributed by atoms with van der Waals surface area (Å²) in [5, 5.41) is 12.5. The molecule has 4 aliphatic rings. The predicted molar refractivity (Wildman–Crippen MR) is 203 cm³/mol. The highest BCUT2D eigenvalue weighted by molar-refractivity contribution is 7.10. The molecule has 6 atom stereocenters. The van der Waals surface area contributed by atoms with Gasteiger partial charge in [-0.05, 0) is 83.6 Å². The number of fused-ring (bicyclic) bond motifs is 1. The van der Waals surface area contributed by atoms with Gasteiger partial charge in [-0.25, -0.2) is 4.79 Å². The molecule has 4 N–H and O–H groups in total. The van der Waals surface area contributed by atoms with E-state index in [1.165, 1.54) is 21.1 Å². The van der Waals surface area contributed by atoms with Crippen LogP contribution in [-0.4, -0.2) is 114 Å². The molecule has 6 amide bonds. The first kappa shape index (κ1) is 42.1. The fourth-order valence-electron chi connectivity index (χ4n) is 8.06. The number of ketones is 1. The first-order valence-corrected chi connectivity index (χ1v) is 20.4. The van der Waals surface area contributed by atoms with Crippen molar-refractivity contribution in [1.29, 1.82) is 0 Å². The zero-order chi connectivity index (χ0) is 40.2. The van der Waals surface area contributed by atoms with Gasteiger partial charge in [0.05, 0.1) is 24.3 Å². The van der Waals surface area contributed by atoms with Gasteiger partial charge in [-0.1, -0.05) is 38.2 Å². The normalized spacial score (nSPS) is 23.8. The lowest BCUT2D eigenvalue weighted by Gasteiger charge is -2.36. The molecule has 55 heavy (non-hydrogen) atoms. The number of alkyl carbamates (subject to hydrolysis) is 1. The lowest BCUT2D eigenvalue weighted by Crippen LogP contribution is -2.59. The van der Waals surface area contributed by atoms with Crippen LogP contribution >= 0.6 is 11.3 Å². The van der Waals surface area contributed by atoms with Crippen molar-refractivity contribution in [1.82, 2.24) is 31.1 Å². The van der Waals surface area contributed by atoms with Gasteiger partial charge in [-0.15, -0.1) is 11.3 Å². The van der Waals surface area contributed by atoms with Crippen molar-refractivity contribution in [2.45, 2.75) is 134 Å². The zero-order valence-corrected chi connectivity index (χ0v) is 33.9. The molecule has 16 heteroatoms. The summed E-state index contributed by atoms with van der Waals surface area (Å²) in [4.78, 5) is 98.2. The molecule has 0 radical (unpaired) electrons. The van der Waals surface area contributed by atoms with Crippen molar-refractivity contribution in [3.05, 3.63) is 22.4 Å². The van der Waals surface area contributed by atoms with Crippen LogP contribution in [0.3, 0.4) is 0 Å². The van der Waals surface area contributed by atoms with Crippen LogP contribution in [0.4, 0.5) is 4.79 Å².